The maximum absolute atomic E-state index is 5.83. The molecule has 18 heavy (non-hydrogen) atoms. The summed E-state index contributed by atoms with van der Waals surface area (Å²) in [6, 6.07) is 8.60. The summed E-state index contributed by atoms with van der Waals surface area (Å²) in [7, 11) is 1.71. The Bertz CT molecular complexity index is 311. The van der Waals surface area contributed by atoms with Gasteiger partial charge in [-0.1, -0.05) is 29.8 Å². The molecule has 0 aromatic heterocycles. The third kappa shape index (κ3) is 5.63. The Hall–Kier alpha value is -0.900. The van der Waals surface area contributed by atoms with Gasteiger partial charge in [0.1, 0.15) is 0 Å². The first-order chi connectivity index (χ1) is 8.77. The zero-order valence-electron chi connectivity index (χ0n) is 11.5. The Morgan fingerprint density at radius 2 is 1.83 bits per heavy atom. The molecule has 0 saturated carbocycles. The molecular weight excluding hydrogens is 226 g/mol. The van der Waals surface area contributed by atoms with Crippen molar-refractivity contribution in [2.75, 3.05) is 33.5 Å². The van der Waals surface area contributed by atoms with Crippen molar-refractivity contribution in [3.05, 3.63) is 35.4 Å². The van der Waals surface area contributed by atoms with Crippen LogP contribution in [0.25, 0.3) is 0 Å². The van der Waals surface area contributed by atoms with Crippen molar-refractivity contribution in [2.45, 2.75) is 25.7 Å². The molecule has 0 radical (unpaired) electrons. The Morgan fingerprint density at radius 1 is 1.11 bits per heavy atom. The van der Waals surface area contributed by atoms with Gasteiger partial charge in [0, 0.05) is 26.9 Å². The summed E-state index contributed by atoms with van der Waals surface area (Å²) in [6.07, 6.45) is 1.93. The number of nitrogens with two attached hydrogens (primary N) is 1. The van der Waals surface area contributed by atoms with Gasteiger partial charge < -0.3 is 15.2 Å². The molecule has 0 aliphatic rings. The quantitative estimate of drug-likeness (QED) is 0.686. The van der Waals surface area contributed by atoms with Crippen molar-refractivity contribution in [1.82, 2.24) is 0 Å². The summed E-state index contributed by atoms with van der Waals surface area (Å²) < 4.78 is 10.5. The van der Waals surface area contributed by atoms with Crippen molar-refractivity contribution in [1.29, 1.82) is 0 Å². The molecule has 3 heteroatoms. The van der Waals surface area contributed by atoms with E-state index in [1.807, 2.05) is 0 Å². The minimum absolute atomic E-state index is 0.396. The van der Waals surface area contributed by atoms with Gasteiger partial charge in [-0.2, -0.15) is 0 Å². The highest BCUT2D eigenvalue weighted by atomic mass is 16.5. The number of methoxy groups -OCH3 is 1. The smallest absolute Gasteiger partial charge is 0.0487 e. The fourth-order valence-electron chi connectivity index (χ4n) is 1.89. The van der Waals surface area contributed by atoms with E-state index in [1.165, 1.54) is 11.1 Å². The van der Waals surface area contributed by atoms with Gasteiger partial charge in [0.15, 0.2) is 0 Å². The van der Waals surface area contributed by atoms with Crippen molar-refractivity contribution in [3.8, 4) is 0 Å². The van der Waals surface area contributed by atoms with E-state index in [-0.39, 0.29) is 0 Å². The molecule has 0 amide bonds. The molecular formula is C15H25NO2. The second kappa shape index (κ2) is 9.09. The lowest BCUT2D eigenvalue weighted by Crippen LogP contribution is -2.15. The van der Waals surface area contributed by atoms with Gasteiger partial charge in [0.05, 0.1) is 0 Å². The lowest BCUT2D eigenvalue weighted by Gasteiger charge is -2.15. The van der Waals surface area contributed by atoms with Crippen LogP contribution in [-0.2, 0) is 9.47 Å². The van der Waals surface area contributed by atoms with Gasteiger partial charge in [0.25, 0.3) is 0 Å². The standard InChI is InChI=1S/C15H25NO2/c1-13-4-6-14(7-5-13)15(12-16)8-11-18-10-3-9-17-2/h4-7,15H,3,8-12,16H2,1-2H3. The fraction of sp³-hybridized carbons (Fsp3) is 0.600. The minimum Gasteiger partial charge on any atom is -0.385 e. The molecule has 0 spiro atoms. The van der Waals surface area contributed by atoms with E-state index in [4.69, 9.17) is 15.2 Å². The zero-order valence-corrected chi connectivity index (χ0v) is 11.5. The monoisotopic (exact) mass is 251 g/mol. The normalized spacial score (nSPS) is 12.6. The van der Waals surface area contributed by atoms with Crippen LogP contribution in [0.15, 0.2) is 24.3 Å². The predicted octanol–water partition coefficient (Wildman–Crippen LogP) is 2.48. The van der Waals surface area contributed by atoms with Crippen LogP contribution in [0.5, 0.6) is 0 Å². The van der Waals surface area contributed by atoms with Crippen molar-refractivity contribution in [3.63, 3.8) is 0 Å². The molecule has 2 N–H and O–H groups in total. The van der Waals surface area contributed by atoms with Gasteiger partial charge in [-0.15, -0.1) is 0 Å². The number of ether oxygens (including phenoxy) is 2. The predicted molar refractivity (Wildman–Crippen MR) is 74.9 cm³/mol. The van der Waals surface area contributed by atoms with E-state index < -0.39 is 0 Å². The molecule has 1 aromatic rings. The van der Waals surface area contributed by atoms with Gasteiger partial charge in [-0.25, -0.2) is 0 Å². The van der Waals surface area contributed by atoms with E-state index >= 15 is 0 Å². The third-order valence-electron chi connectivity index (χ3n) is 3.08. The van der Waals surface area contributed by atoms with E-state index in [1.54, 1.807) is 7.11 Å². The first kappa shape index (κ1) is 15.2. The molecule has 1 aromatic carbocycles. The molecule has 0 fully saturated rings. The number of hydrogen-bond acceptors (Lipinski definition) is 3. The Labute approximate surface area is 110 Å². The Balaban J connectivity index is 2.27. The van der Waals surface area contributed by atoms with Crippen LogP contribution in [0.1, 0.15) is 29.9 Å². The number of hydrogen-bond donors (Lipinski definition) is 1. The average Bonchev–Trinajstić information content (AvgIpc) is 2.39. The van der Waals surface area contributed by atoms with Crippen LogP contribution in [-0.4, -0.2) is 33.5 Å². The van der Waals surface area contributed by atoms with Gasteiger partial charge in [-0.3, -0.25) is 0 Å². The second-order valence-electron chi connectivity index (χ2n) is 4.59. The molecule has 0 bridgehead atoms. The summed E-state index contributed by atoms with van der Waals surface area (Å²) in [5.74, 6) is 0.396. The van der Waals surface area contributed by atoms with Crippen LogP contribution in [0, 0.1) is 6.92 Å². The topological polar surface area (TPSA) is 44.5 Å². The van der Waals surface area contributed by atoms with Crippen LogP contribution in [0.2, 0.25) is 0 Å². The molecule has 0 heterocycles. The summed E-state index contributed by atoms with van der Waals surface area (Å²) in [6.45, 7) is 5.06. The molecule has 3 nitrogen and oxygen atoms in total. The van der Waals surface area contributed by atoms with Crippen LogP contribution in [0.4, 0.5) is 0 Å². The van der Waals surface area contributed by atoms with E-state index in [0.29, 0.717) is 12.5 Å². The number of aryl methyl sites for hydroxylation is 1. The summed E-state index contributed by atoms with van der Waals surface area (Å²) in [4.78, 5) is 0. The molecule has 0 aliphatic carbocycles. The third-order valence-corrected chi connectivity index (χ3v) is 3.08. The average molecular weight is 251 g/mol. The number of rotatable bonds is 9. The SMILES string of the molecule is COCCCOCCC(CN)c1ccc(C)cc1. The van der Waals surface area contributed by atoms with Crippen LogP contribution in [0.3, 0.4) is 0 Å². The summed E-state index contributed by atoms with van der Waals surface area (Å²) in [5.41, 5.74) is 8.42. The number of benzene rings is 1. The Kier molecular flexibility index (Phi) is 7.65. The molecule has 1 unspecified atom stereocenters. The lowest BCUT2D eigenvalue weighted by atomic mass is 9.95. The van der Waals surface area contributed by atoms with Crippen LogP contribution >= 0.6 is 0 Å². The highest BCUT2D eigenvalue weighted by Gasteiger charge is 2.09. The second-order valence-corrected chi connectivity index (χ2v) is 4.59. The van der Waals surface area contributed by atoms with Crippen LogP contribution < -0.4 is 5.73 Å². The minimum atomic E-state index is 0.396. The maximum atomic E-state index is 5.83. The lowest BCUT2D eigenvalue weighted by molar-refractivity contribution is 0.0984. The van der Waals surface area contributed by atoms with Gasteiger partial charge in [0.2, 0.25) is 0 Å². The first-order valence-corrected chi connectivity index (χ1v) is 6.61. The molecule has 0 aliphatic heterocycles. The van der Waals surface area contributed by atoms with Gasteiger partial charge in [-0.05, 0) is 37.8 Å². The summed E-state index contributed by atoms with van der Waals surface area (Å²) >= 11 is 0. The largest absolute Gasteiger partial charge is 0.385 e. The molecule has 0 saturated heterocycles. The molecule has 102 valence electrons. The van der Waals surface area contributed by atoms with Crippen molar-refractivity contribution < 1.29 is 9.47 Å². The van der Waals surface area contributed by atoms with Gasteiger partial charge >= 0.3 is 0 Å². The van der Waals surface area contributed by atoms with E-state index in [0.717, 1.165) is 32.7 Å². The molecule has 1 atom stereocenters. The summed E-state index contributed by atoms with van der Waals surface area (Å²) in [5, 5.41) is 0. The maximum Gasteiger partial charge on any atom is 0.0487 e. The van der Waals surface area contributed by atoms with Crippen molar-refractivity contribution >= 4 is 0 Å². The highest BCUT2D eigenvalue weighted by Crippen LogP contribution is 2.18. The van der Waals surface area contributed by atoms with E-state index in [9.17, 15) is 0 Å². The zero-order chi connectivity index (χ0) is 13.2. The Morgan fingerprint density at radius 3 is 2.44 bits per heavy atom. The first-order valence-electron chi connectivity index (χ1n) is 6.61. The highest BCUT2D eigenvalue weighted by molar-refractivity contribution is 5.24. The van der Waals surface area contributed by atoms with E-state index in [2.05, 4.69) is 31.2 Å². The van der Waals surface area contributed by atoms with Crippen molar-refractivity contribution in [2.24, 2.45) is 5.73 Å². The fourth-order valence-corrected chi connectivity index (χ4v) is 1.89. The molecule has 1 rings (SSSR count).